The molecule has 0 spiro atoms. The van der Waals surface area contributed by atoms with Gasteiger partial charge in [-0.3, -0.25) is 19.3 Å². The number of carbonyl (C=O) groups excluding carboxylic acids is 3. The molecule has 1 aliphatic heterocycles. The molecule has 0 saturated heterocycles. The summed E-state index contributed by atoms with van der Waals surface area (Å²) in [7, 11) is 0. The molecule has 0 bridgehead atoms. The van der Waals surface area contributed by atoms with Gasteiger partial charge in [0.25, 0.3) is 11.7 Å². The van der Waals surface area contributed by atoms with Crippen molar-refractivity contribution in [3.05, 3.63) is 29.1 Å². The van der Waals surface area contributed by atoms with Gasteiger partial charge in [0.05, 0.1) is 11.3 Å². The predicted octanol–water partition coefficient (Wildman–Crippen LogP) is 1.53. The predicted molar refractivity (Wildman–Crippen MR) is 75.7 cm³/mol. The molecule has 1 aliphatic rings. The Kier molecular flexibility index (Phi) is 4.06. The number of anilines is 1. The fourth-order valence-electron chi connectivity index (χ4n) is 2.48. The first kappa shape index (κ1) is 15.2. The quantitative estimate of drug-likeness (QED) is 0.791. The van der Waals surface area contributed by atoms with Gasteiger partial charge in [0.2, 0.25) is 5.91 Å². The summed E-state index contributed by atoms with van der Waals surface area (Å²) in [5, 5.41) is 0. The van der Waals surface area contributed by atoms with Crippen molar-refractivity contribution in [2.45, 2.75) is 20.8 Å². The lowest BCUT2D eigenvalue weighted by atomic mass is 10.1. The van der Waals surface area contributed by atoms with E-state index < -0.39 is 17.5 Å². The van der Waals surface area contributed by atoms with E-state index in [1.807, 2.05) is 13.8 Å². The van der Waals surface area contributed by atoms with E-state index in [0.717, 1.165) is 4.90 Å². The number of halogens is 1. The maximum Gasteiger partial charge on any atom is 0.300 e. The van der Waals surface area contributed by atoms with Gasteiger partial charge >= 0.3 is 0 Å². The van der Waals surface area contributed by atoms with Crippen LogP contribution >= 0.6 is 0 Å². The second-order valence-corrected chi connectivity index (χ2v) is 4.93. The van der Waals surface area contributed by atoms with E-state index in [1.165, 1.54) is 17.0 Å². The summed E-state index contributed by atoms with van der Waals surface area (Å²) in [5.41, 5.74) is 0.505. The van der Waals surface area contributed by atoms with E-state index in [9.17, 15) is 18.8 Å². The van der Waals surface area contributed by atoms with Crippen molar-refractivity contribution in [3.8, 4) is 0 Å². The zero-order valence-corrected chi connectivity index (χ0v) is 12.3. The molecule has 5 nitrogen and oxygen atoms in total. The lowest BCUT2D eigenvalue weighted by Gasteiger charge is -2.23. The molecular weight excluding hydrogens is 275 g/mol. The standard InChI is InChI=1S/C15H17FN2O3/c1-4-17(5-2)12(19)8-18-13-10(14(20)15(18)21)6-9(3)7-11(13)16/h6-7H,4-5,8H2,1-3H3. The Morgan fingerprint density at radius 1 is 1.24 bits per heavy atom. The summed E-state index contributed by atoms with van der Waals surface area (Å²) in [6, 6.07) is 2.72. The van der Waals surface area contributed by atoms with Gasteiger partial charge in [-0.1, -0.05) is 0 Å². The van der Waals surface area contributed by atoms with Crippen molar-refractivity contribution >= 4 is 23.3 Å². The minimum atomic E-state index is -0.852. The molecule has 2 amide bonds. The van der Waals surface area contributed by atoms with E-state index in [2.05, 4.69) is 0 Å². The van der Waals surface area contributed by atoms with Crippen LogP contribution in [0.1, 0.15) is 29.8 Å². The molecular formula is C15H17FN2O3. The highest BCUT2D eigenvalue weighted by Crippen LogP contribution is 2.32. The average molecular weight is 292 g/mol. The van der Waals surface area contributed by atoms with Gasteiger partial charge < -0.3 is 4.90 Å². The van der Waals surface area contributed by atoms with Crippen LogP contribution in [0.2, 0.25) is 0 Å². The van der Waals surface area contributed by atoms with Crippen molar-refractivity contribution in [1.29, 1.82) is 0 Å². The van der Waals surface area contributed by atoms with E-state index in [4.69, 9.17) is 0 Å². The summed E-state index contributed by atoms with van der Waals surface area (Å²) in [5.74, 6) is -2.58. The second-order valence-electron chi connectivity index (χ2n) is 4.93. The Hall–Kier alpha value is -2.24. The monoisotopic (exact) mass is 292 g/mol. The first-order valence-corrected chi connectivity index (χ1v) is 6.84. The van der Waals surface area contributed by atoms with Gasteiger partial charge in [-0.25, -0.2) is 4.39 Å². The Morgan fingerprint density at radius 2 is 1.86 bits per heavy atom. The van der Waals surface area contributed by atoms with Gasteiger partial charge in [0, 0.05) is 13.1 Å². The summed E-state index contributed by atoms with van der Waals surface area (Å²) in [6.07, 6.45) is 0. The summed E-state index contributed by atoms with van der Waals surface area (Å²) >= 11 is 0. The fraction of sp³-hybridized carbons (Fsp3) is 0.400. The van der Waals surface area contributed by atoms with Crippen LogP contribution < -0.4 is 4.90 Å². The number of likely N-dealkylation sites (N-methyl/N-ethyl adjacent to an activating group) is 1. The molecule has 0 radical (unpaired) electrons. The molecule has 1 aromatic rings. The number of hydrogen-bond donors (Lipinski definition) is 0. The number of rotatable bonds is 4. The molecule has 2 rings (SSSR count). The highest BCUT2D eigenvalue weighted by Gasteiger charge is 2.39. The number of hydrogen-bond acceptors (Lipinski definition) is 3. The van der Waals surface area contributed by atoms with Crippen LogP contribution in [0.4, 0.5) is 10.1 Å². The molecule has 6 heteroatoms. The molecule has 0 aliphatic carbocycles. The Labute approximate surface area is 122 Å². The third kappa shape index (κ3) is 2.53. The molecule has 0 fully saturated rings. The minimum absolute atomic E-state index is 0.0323. The molecule has 0 aromatic heterocycles. The lowest BCUT2D eigenvalue weighted by Crippen LogP contribution is -2.42. The van der Waals surface area contributed by atoms with Gasteiger partial charge in [0.1, 0.15) is 12.4 Å². The lowest BCUT2D eigenvalue weighted by molar-refractivity contribution is -0.130. The SMILES string of the molecule is CCN(CC)C(=O)CN1C(=O)C(=O)c2cc(C)cc(F)c21. The van der Waals surface area contributed by atoms with Crippen molar-refractivity contribution in [1.82, 2.24) is 4.90 Å². The maximum atomic E-state index is 14.1. The second kappa shape index (κ2) is 5.63. The average Bonchev–Trinajstić information content (AvgIpc) is 2.65. The molecule has 21 heavy (non-hydrogen) atoms. The molecule has 0 N–H and O–H groups in total. The van der Waals surface area contributed by atoms with Crippen LogP contribution in [0, 0.1) is 12.7 Å². The normalized spacial score (nSPS) is 13.6. The number of aryl methyl sites for hydroxylation is 1. The number of carbonyl (C=O) groups is 3. The molecule has 0 saturated carbocycles. The molecule has 0 atom stereocenters. The smallest absolute Gasteiger partial charge is 0.300 e. The highest BCUT2D eigenvalue weighted by atomic mass is 19.1. The Morgan fingerprint density at radius 3 is 2.43 bits per heavy atom. The minimum Gasteiger partial charge on any atom is -0.342 e. The number of benzene rings is 1. The first-order chi connectivity index (χ1) is 9.90. The van der Waals surface area contributed by atoms with Crippen LogP contribution in [0.15, 0.2) is 12.1 Å². The topological polar surface area (TPSA) is 57.7 Å². The number of Topliss-reactive ketones (excluding diaryl/α,β-unsaturated/α-hetero) is 1. The Balaban J connectivity index is 2.38. The zero-order valence-electron chi connectivity index (χ0n) is 12.3. The largest absolute Gasteiger partial charge is 0.342 e. The molecule has 112 valence electrons. The van der Waals surface area contributed by atoms with E-state index in [0.29, 0.717) is 18.7 Å². The van der Waals surface area contributed by atoms with E-state index in [1.54, 1.807) is 6.92 Å². The highest BCUT2D eigenvalue weighted by molar-refractivity contribution is 6.52. The van der Waals surface area contributed by atoms with Gasteiger partial charge in [-0.2, -0.15) is 0 Å². The van der Waals surface area contributed by atoms with Crippen LogP contribution in [0.3, 0.4) is 0 Å². The van der Waals surface area contributed by atoms with Gasteiger partial charge in [-0.15, -0.1) is 0 Å². The fourth-order valence-corrected chi connectivity index (χ4v) is 2.48. The van der Waals surface area contributed by atoms with Crippen molar-refractivity contribution in [3.63, 3.8) is 0 Å². The van der Waals surface area contributed by atoms with E-state index >= 15 is 0 Å². The Bertz CT molecular complexity index is 624. The van der Waals surface area contributed by atoms with Crippen molar-refractivity contribution in [2.24, 2.45) is 0 Å². The third-order valence-corrected chi connectivity index (χ3v) is 3.57. The summed E-state index contributed by atoms with van der Waals surface area (Å²) in [4.78, 5) is 38.5. The van der Waals surface area contributed by atoms with Gasteiger partial charge in [-0.05, 0) is 38.5 Å². The number of fused-ring (bicyclic) bond motifs is 1. The number of nitrogens with zero attached hydrogens (tertiary/aromatic N) is 2. The molecule has 0 unspecified atom stereocenters. The van der Waals surface area contributed by atoms with Crippen LogP contribution in [-0.2, 0) is 9.59 Å². The summed E-state index contributed by atoms with van der Waals surface area (Å²) in [6.45, 7) is 5.94. The molecule has 1 heterocycles. The third-order valence-electron chi connectivity index (χ3n) is 3.57. The zero-order chi connectivity index (χ0) is 15.7. The number of amides is 2. The van der Waals surface area contributed by atoms with Crippen molar-refractivity contribution in [2.75, 3.05) is 24.5 Å². The van der Waals surface area contributed by atoms with Crippen LogP contribution in [0.5, 0.6) is 0 Å². The summed E-state index contributed by atoms with van der Waals surface area (Å²) < 4.78 is 14.1. The van der Waals surface area contributed by atoms with Crippen LogP contribution in [-0.4, -0.2) is 42.1 Å². The van der Waals surface area contributed by atoms with Crippen molar-refractivity contribution < 1.29 is 18.8 Å². The van der Waals surface area contributed by atoms with Crippen LogP contribution in [0.25, 0.3) is 0 Å². The number of ketones is 1. The van der Waals surface area contributed by atoms with Gasteiger partial charge in [0.15, 0.2) is 0 Å². The first-order valence-electron chi connectivity index (χ1n) is 6.84. The maximum absolute atomic E-state index is 14.1. The molecule has 1 aromatic carbocycles. The van der Waals surface area contributed by atoms with E-state index in [-0.39, 0.29) is 23.7 Å².